The van der Waals surface area contributed by atoms with Crippen molar-refractivity contribution in [2.45, 2.75) is 39.0 Å². The first-order valence-corrected chi connectivity index (χ1v) is 8.11. The average Bonchev–Trinajstić information content (AvgIpc) is 2.31. The summed E-state index contributed by atoms with van der Waals surface area (Å²) in [5, 5.41) is 1.73. The van der Waals surface area contributed by atoms with Gasteiger partial charge in [-0.25, -0.2) is 0 Å². The second kappa shape index (κ2) is 6.13. The van der Waals surface area contributed by atoms with Gasteiger partial charge in [0.25, 0.3) is 0 Å². The van der Waals surface area contributed by atoms with Crippen LogP contribution in [0.3, 0.4) is 0 Å². The molecule has 0 aliphatic carbocycles. The third-order valence-corrected chi connectivity index (χ3v) is 4.40. The number of hydrogen-bond acceptors (Lipinski definition) is 2. The lowest BCUT2D eigenvalue weighted by Gasteiger charge is -2.42. The Balaban J connectivity index is 2.09. The number of alkyl halides is 1. The van der Waals surface area contributed by atoms with Gasteiger partial charge in [-0.3, -0.25) is 4.90 Å². The Labute approximate surface area is 129 Å². The second-order valence-electron chi connectivity index (χ2n) is 5.92. The Kier molecular flexibility index (Phi) is 4.93. The highest BCUT2D eigenvalue weighted by atomic mass is 79.9. The zero-order valence-corrected chi connectivity index (χ0v) is 14.1. The van der Waals surface area contributed by atoms with Crippen molar-refractivity contribution in [1.29, 1.82) is 0 Å². The molecule has 4 heteroatoms. The fraction of sp³-hybridized carbons (Fsp3) is 0.600. The molecule has 1 aliphatic heterocycles. The van der Waals surface area contributed by atoms with E-state index in [2.05, 4.69) is 53.7 Å². The van der Waals surface area contributed by atoms with Crippen LogP contribution in [-0.2, 0) is 11.3 Å². The molecule has 1 unspecified atom stereocenters. The van der Waals surface area contributed by atoms with Crippen LogP contribution in [0.15, 0.2) is 18.2 Å². The molecule has 0 spiro atoms. The molecule has 0 radical (unpaired) electrons. The molecule has 0 bridgehead atoms. The summed E-state index contributed by atoms with van der Waals surface area (Å²) < 4.78 is 6.02. The van der Waals surface area contributed by atoms with E-state index < -0.39 is 0 Å². The van der Waals surface area contributed by atoms with Gasteiger partial charge in [-0.2, -0.15) is 0 Å². The van der Waals surface area contributed by atoms with Gasteiger partial charge < -0.3 is 4.74 Å². The number of ether oxygens (including phenoxy) is 1. The SMILES string of the molecule is Cc1ccc(CN2CC(CBr)OC(C)(C)C2)c(Cl)c1. The molecule has 2 nitrogen and oxygen atoms in total. The first-order chi connectivity index (χ1) is 8.89. The zero-order valence-electron chi connectivity index (χ0n) is 11.7. The van der Waals surface area contributed by atoms with Crippen molar-refractivity contribution in [3.05, 3.63) is 34.3 Å². The van der Waals surface area contributed by atoms with E-state index in [0.717, 1.165) is 30.0 Å². The van der Waals surface area contributed by atoms with Crippen LogP contribution in [0.1, 0.15) is 25.0 Å². The molecule has 1 saturated heterocycles. The molecule has 0 N–H and O–H groups in total. The normalized spacial score (nSPS) is 23.5. The predicted octanol–water partition coefficient (Wildman–Crippen LogP) is 4.02. The van der Waals surface area contributed by atoms with Gasteiger partial charge in [0.05, 0.1) is 11.7 Å². The first-order valence-electron chi connectivity index (χ1n) is 6.61. The van der Waals surface area contributed by atoms with E-state index in [1.807, 2.05) is 6.07 Å². The lowest BCUT2D eigenvalue weighted by Crippen LogP contribution is -2.52. The lowest BCUT2D eigenvalue weighted by atomic mass is 10.0. The molecule has 0 aromatic heterocycles. The largest absolute Gasteiger partial charge is 0.369 e. The minimum absolute atomic E-state index is 0.103. The molecule has 1 aromatic rings. The summed E-state index contributed by atoms with van der Waals surface area (Å²) in [5.74, 6) is 0. The van der Waals surface area contributed by atoms with Crippen molar-refractivity contribution < 1.29 is 4.74 Å². The van der Waals surface area contributed by atoms with Crippen molar-refractivity contribution in [1.82, 2.24) is 4.90 Å². The number of benzene rings is 1. The lowest BCUT2D eigenvalue weighted by molar-refractivity contribution is -0.128. The Morgan fingerprint density at radius 3 is 2.84 bits per heavy atom. The first kappa shape index (κ1) is 15.3. The van der Waals surface area contributed by atoms with Crippen LogP contribution in [-0.4, -0.2) is 35.0 Å². The zero-order chi connectivity index (χ0) is 14.0. The van der Waals surface area contributed by atoms with Crippen molar-refractivity contribution in [2.24, 2.45) is 0 Å². The van der Waals surface area contributed by atoms with Crippen molar-refractivity contribution in [3.63, 3.8) is 0 Å². The summed E-state index contributed by atoms with van der Waals surface area (Å²) in [4.78, 5) is 2.42. The quantitative estimate of drug-likeness (QED) is 0.766. The van der Waals surface area contributed by atoms with Gasteiger partial charge in [-0.15, -0.1) is 0 Å². The standard InChI is InChI=1S/C15H21BrClNO/c1-11-4-5-12(14(17)6-11)8-18-9-13(7-16)19-15(2,3)10-18/h4-6,13H,7-10H2,1-3H3. The Morgan fingerprint density at radius 2 is 2.21 bits per heavy atom. The molecule has 0 amide bonds. The summed E-state index contributed by atoms with van der Waals surface area (Å²) in [5.41, 5.74) is 2.29. The van der Waals surface area contributed by atoms with E-state index in [-0.39, 0.29) is 11.7 Å². The third-order valence-electron chi connectivity index (χ3n) is 3.33. The fourth-order valence-corrected chi connectivity index (χ4v) is 3.27. The van der Waals surface area contributed by atoms with Gasteiger partial charge in [-0.05, 0) is 38.0 Å². The van der Waals surface area contributed by atoms with Gasteiger partial charge in [0, 0.05) is 30.0 Å². The smallest absolute Gasteiger partial charge is 0.0806 e. The highest BCUT2D eigenvalue weighted by Crippen LogP contribution is 2.25. The molecule has 1 aromatic carbocycles. The summed E-state index contributed by atoms with van der Waals surface area (Å²) in [7, 11) is 0. The highest BCUT2D eigenvalue weighted by Gasteiger charge is 2.32. The van der Waals surface area contributed by atoms with Crippen LogP contribution in [0.4, 0.5) is 0 Å². The van der Waals surface area contributed by atoms with Crippen LogP contribution >= 0.6 is 27.5 Å². The minimum Gasteiger partial charge on any atom is -0.369 e. The third kappa shape index (κ3) is 4.19. The average molecular weight is 347 g/mol. The molecule has 0 saturated carbocycles. The Bertz CT molecular complexity index is 450. The Morgan fingerprint density at radius 1 is 1.47 bits per heavy atom. The van der Waals surface area contributed by atoms with E-state index in [4.69, 9.17) is 16.3 Å². The molecular weight excluding hydrogens is 326 g/mol. The maximum Gasteiger partial charge on any atom is 0.0806 e. The van der Waals surface area contributed by atoms with Crippen LogP contribution in [0.5, 0.6) is 0 Å². The van der Waals surface area contributed by atoms with Crippen LogP contribution in [0.2, 0.25) is 5.02 Å². The van der Waals surface area contributed by atoms with E-state index in [0.29, 0.717) is 0 Å². The topological polar surface area (TPSA) is 12.5 Å². The molecule has 1 atom stereocenters. The molecular formula is C15H21BrClNO. The number of halogens is 2. The molecule has 1 heterocycles. The molecule has 2 rings (SSSR count). The monoisotopic (exact) mass is 345 g/mol. The van der Waals surface area contributed by atoms with Crippen LogP contribution in [0, 0.1) is 6.92 Å². The second-order valence-corrected chi connectivity index (χ2v) is 6.97. The summed E-state index contributed by atoms with van der Waals surface area (Å²) >= 11 is 9.84. The van der Waals surface area contributed by atoms with E-state index in [9.17, 15) is 0 Å². The molecule has 19 heavy (non-hydrogen) atoms. The maximum atomic E-state index is 6.32. The van der Waals surface area contributed by atoms with E-state index in [1.54, 1.807) is 0 Å². The number of morpholine rings is 1. The summed E-state index contributed by atoms with van der Waals surface area (Å²) in [6.07, 6.45) is 0.243. The minimum atomic E-state index is -0.103. The predicted molar refractivity (Wildman–Crippen MR) is 84.2 cm³/mol. The summed E-state index contributed by atoms with van der Waals surface area (Å²) in [6, 6.07) is 6.28. The summed E-state index contributed by atoms with van der Waals surface area (Å²) in [6.45, 7) is 9.11. The van der Waals surface area contributed by atoms with E-state index in [1.165, 1.54) is 11.1 Å². The van der Waals surface area contributed by atoms with Crippen molar-refractivity contribution in [2.75, 3.05) is 18.4 Å². The van der Waals surface area contributed by atoms with Gasteiger partial charge >= 0.3 is 0 Å². The van der Waals surface area contributed by atoms with Crippen LogP contribution < -0.4 is 0 Å². The van der Waals surface area contributed by atoms with Gasteiger partial charge in [0.2, 0.25) is 0 Å². The number of hydrogen-bond donors (Lipinski definition) is 0. The van der Waals surface area contributed by atoms with E-state index >= 15 is 0 Å². The fourth-order valence-electron chi connectivity index (χ4n) is 2.64. The molecule has 1 fully saturated rings. The van der Waals surface area contributed by atoms with Gasteiger partial charge in [0.1, 0.15) is 0 Å². The number of aryl methyl sites for hydroxylation is 1. The van der Waals surface area contributed by atoms with Crippen molar-refractivity contribution >= 4 is 27.5 Å². The van der Waals surface area contributed by atoms with Crippen LogP contribution in [0.25, 0.3) is 0 Å². The molecule has 1 aliphatic rings. The van der Waals surface area contributed by atoms with Gasteiger partial charge in [-0.1, -0.05) is 39.7 Å². The van der Waals surface area contributed by atoms with Gasteiger partial charge in [0.15, 0.2) is 0 Å². The maximum absolute atomic E-state index is 6.32. The number of nitrogens with zero attached hydrogens (tertiary/aromatic N) is 1. The highest BCUT2D eigenvalue weighted by molar-refractivity contribution is 9.09. The van der Waals surface area contributed by atoms with Crippen molar-refractivity contribution in [3.8, 4) is 0 Å². The number of rotatable bonds is 3. The molecule has 106 valence electrons. The Hall–Kier alpha value is -0.0900.